The SMILES string of the molecule is C[C@@H]1Cc2ccccc2N1C(=O)CN(Cc1ccccc1F)S(C)(=O)=O. The number of halogens is 1. The molecule has 0 bridgehead atoms. The van der Waals surface area contributed by atoms with E-state index in [1.807, 2.05) is 31.2 Å². The minimum absolute atomic E-state index is 0.0465. The Kier molecular flexibility index (Phi) is 5.11. The summed E-state index contributed by atoms with van der Waals surface area (Å²) in [6.45, 7) is 1.42. The van der Waals surface area contributed by atoms with Gasteiger partial charge in [0.05, 0.1) is 12.8 Å². The standard InChI is InChI=1S/C19H21FN2O3S/c1-14-11-15-7-4-6-10-18(15)22(14)19(23)13-21(26(2,24)25)12-16-8-3-5-9-17(16)20/h3-10,14H,11-13H2,1-2H3/t14-/m1/s1. The molecular weight excluding hydrogens is 355 g/mol. The highest BCUT2D eigenvalue weighted by Gasteiger charge is 2.33. The number of sulfonamides is 1. The normalized spacial score (nSPS) is 16.8. The van der Waals surface area contributed by atoms with Crippen molar-refractivity contribution in [3.8, 4) is 0 Å². The first kappa shape index (κ1) is 18.5. The van der Waals surface area contributed by atoms with Crippen LogP contribution < -0.4 is 4.90 Å². The summed E-state index contributed by atoms with van der Waals surface area (Å²) >= 11 is 0. The molecule has 0 spiro atoms. The Morgan fingerprint density at radius 3 is 2.54 bits per heavy atom. The molecule has 1 amide bonds. The van der Waals surface area contributed by atoms with Crippen LogP contribution in [0, 0.1) is 5.82 Å². The third-order valence-corrected chi connectivity index (χ3v) is 5.76. The molecule has 0 aliphatic carbocycles. The maximum absolute atomic E-state index is 13.9. The molecule has 0 fully saturated rings. The molecule has 7 heteroatoms. The van der Waals surface area contributed by atoms with Gasteiger partial charge in [0.2, 0.25) is 15.9 Å². The fourth-order valence-corrected chi connectivity index (χ4v) is 4.00. The minimum Gasteiger partial charge on any atom is -0.308 e. The Morgan fingerprint density at radius 2 is 1.85 bits per heavy atom. The second kappa shape index (κ2) is 7.17. The van der Waals surface area contributed by atoms with Crippen molar-refractivity contribution in [1.29, 1.82) is 0 Å². The summed E-state index contributed by atoms with van der Waals surface area (Å²) < 4.78 is 39.2. The Bertz CT molecular complexity index is 930. The van der Waals surface area contributed by atoms with Crippen molar-refractivity contribution in [2.24, 2.45) is 0 Å². The van der Waals surface area contributed by atoms with Crippen LogP contribution in [0.25, 0.3) is 0 Å². The van der Waals surface area contributed by atoms with Crippen molar-refractivity contribution in [3.05, 3.63) is 65.5 Å². The molecule has 0 unspecified atom stereocenters. The van der Waals surface area contributed by atoms with E-state index in [4.69, 9.17) is 0 Å². The Hall–Kier alpha value is -2.25. The molecule has 1 aliphatic rings. The number of fused-ring (bicyclic) bond motifs is 1. The molecule has 0 N–H and O–H groups in total. The van der Waals surface area contributed by atoms with Crippen LogP contribution in [-0.2, 0) is 27.8 Å². The average molecular weight is 376 g/mol. The molecule has 1 heterocycles. The van der Waals surface area contributed by atoms with Crippen LogP contribution in [0.4, 0.5) is 10.1 Å². The first-order valence-electron chi connectivity index (χ1n) is 8.36. The smallest absolute Gasteiger partial charge is 0.242 e. The number of carbonyl (C=O) groups excluding carboxylic acids is 1. The number of benzene rings is 2. The zero-order valence-corrected chi connectivity index (χ0v) is 15.5. The first-order chi connectivity index (χ1) is 12.3. The number of amides is 1. The highest BCUT2D eigenvalue weighted by Crippen LogP contribution is 2.32. The third kappa shape index (κ3) is 3.78. The predicted molar refractivity (Wildman–Crippen MR) is 98.7 cm³/mol. The number of nitrogens with zero attached hydrogens (tertiary/aromatic N) is 2. The number of rotatable bonds is 5. The largest absolute Gasteiger partial charge is 0.308 e. The molecule has 0 saturated heterocycles. The van der Waals surface area contributed by atoms with Crippen LogP contribution >= 0.6 is 0 Å². The zero-order chi connectivity index (χ0) is 18.9. The Balaban J connectivity index is 1.84. The van der Waals surface area contributed by atoms with Crippen LogP contribution in [-0.4, -0.2) is 37.5 Å². The zero-order valence-electron chi connectivity index (χ0n) is 14.7. The van der Waals surface area contributed by atoms with Crippen molar-refractivity contribution in [3.63, 3.8) is 0 Å². The Morgan fingerprint density at radius 1 is 1.19 bits per heavy atom. The van der Waals surface area contributed by atoms with Gasteiger partial charge in [0.25, 0.3) is 0 Å². The number of para-hydroxylation sites is 1. The maximum Gasteiger partial charge on any atom is 0.242 e. The highest BCUT2D eigenvalue weighted by molar-refractivity contribution is 7.88. The van der Waals surface area contributed by atoms with Crippen molar-refractivity contribution < 1.29 is 17.6 Å². The lowest BCUT2D eigenvalue weighted by atomic mass is 10.1. The summed E-state index contributed by atoms with van der Waals surface area (Å²) in [6, 6.07) is 13.5. The van der Waals surface area contributed by atoms with Crippen LogP contribution in [0.5, 0.6) is 0 Å². The average Bonchev–Trinajstić information content (AvgIpc) is 2.91. The van der Waals surface area contributed by atoms with Gasteiger partial charge in [-0.1, -0.05) is 36.4 Å². The van der Waals surface area contributed by atoms with Gasteiger partial charge in [0.15, 0.2) is 0 Å². The second-order valence-corrected chi connectivity index (χ2v) is 8.55. The van der Waals surface area contributed by atoms with E-state index in [1.165, 1.54) is 18.2 Å². The fraction of sp³-hybridized carbons (Fsp3) is 0.316. The summed E-state index contributed by atoms with van der Waals surface area (Å²) in [5, 5.41) is 0. The summed E-state index contributed by atoms with van der Waals surface area (Å²) in [5.74, 6) is -0.808. The maximum atomic E-state index is 13.9. The lowest BCUT2D eigenvalue weighted by Gasteiger charge is -2.26. The highest BCUT2D eigenvalue weighted by atomic mass is 32.2. The van der Waals surface area contributed by atoms with Gasteiger partial charge in [-0.3, -0.25) is 4.79 Å². The molecule has 5 nitrogen and oxygen atoms in total. The van der Waals surface area contributed by atoms with Gasteiger partial charge in [-0.2, -0.15) is 4.31 Å². The number of hydrogen-bond acceptors (Lipinski definition) is 3. The van der Waals surface area contributed by atoms with Crippen LogP contribution in [0.15, 0.2) is 48.5 Å². The van der Waals surface area contributed by atoms with E-state index >= 15 is 0 Å². The summed E-state index contributed by atoms with van der Waals surface area (Å²) in [4.78, 5) is 14.5. The molecule has 138 valence electrons. The van der Waals surface area contributed by atoms with E-state index in [2.05, 4.69) is 0 Å². The molecule has 1 aliphatic heterocycles. The molecule has 26 heavy (non-hydrogen) atoms. The monoisotopic (exact) mass is 376 g/mol. The van der Waals surface area contributed by atoms with E-state index in [9.17, 15) is 17.6 Å². The van der Waals surface area contributed by atoms with Gasteiger partial charge < -0.3 is 4.90 Å². The molecule has 3 rings (SSSR count). The molecule has 2 aromatic carbocycles. The van der Waals surface area contributed by atoms with E-state index in [0.717, 1.165) is 28.2 Å². The topological polar surface area (TPSA) is 57.7 Å². The fourth-order valence-electron chi connectivity index (χ4n) is 3.28. The van der Waals surface area contributed by atoms with Crippen molar-refractivity contribution in [1.82, 2.24) is 4.31 Å². The number of hydrogen-bond donors (Lipinski definition) is 0. The molecule has 1 atom stereocenters. The van der Waals surface area contributed by atoms with E-state index in [1.54, 1.807) is 11.0 Å². The van der Waals surface area contributed by atoms with Crippen LogP contribution in [0.2, 0.25) is 0 Å². The Labute approximate surface area is 153 Å². The molecule has 2 aromatic rings. The van der Waals surface area contributed by atoms with Crippen molar-refractivity contribution >= 4 is 21.6 Å². The second-order valence-electron chi connectivity index (χ2n) is 6.57. The van der Waals surface area contributed by atoms with Gasteiger partial charge in [-0.15, -0.1) is 0 Å². The third-order valence-electron chi connectivity index (χ3n) is 4.56. The lowest BCUT2D eigenvalue weighted by molar-refractivity contribution is -0.119. The van der Waals surface area contributed by atoms with E-state index in [0.29, 0.717) is 0 Å². The summed E-state index contributed by atoms with van der Waals surface area (Å²) in [6.07, 6.45) is 1.76. The van der Waals surface area contributed by atoms with Gasteiger partial charge in [0, 0.05) is 23.8 Å². The predicted octanol–water partition coefficient (Wildman–Crippen LogP) is 2.57. The van der Waals surface area contributed by atoms with Crippen LogP contribution in [0.1, 0.15) is 18.1 Å². The van der Waals surface area contributed by atoms with E-state index in [-0.39, 0.29) is 30.6 Å². The van der Waals surface area contributed by atoms with Gasteiger partial charge >= 0.3 is 0 Å². The molecule has 0 radical (unpaired) electrons. The summed E-state index contributed by atoms with van der Waals surface area (Å²) in [7, 11) is -3.68. The first-order valence-corrected chi connectivity index (χ1v) is 10.2. The van der Waals surface area contributed by atoms with Gasteiger partial charge in [0.1, 0.15) is 5.82 Å². The number of anilines is 1. The van der Waals surface area contributed by atoms with E-state index < -0.39 is 15.8 Å². The van der Waals surface area contributed by atoms with Crippen LogP contribution in [0.3, 0.4) is 0 Å². The summed E-state index contributed by atoms with van der Waals surface area (Å²) in [5.41, 5.74) is 2.11. The quantitative estimate of drug-likeness (QED) is 0.806. The molecule has 0 aromatic heterocycles. The van der Waals surface area contributed by atoms with Crippen molar-refractivity contribution in [2.75, 3.05) is 17.7 Å². The van der Waals surface area contributed by atoms with Crippen molar-refractivity contribution in [2.45, 2.75) is 25.9 Å². The number of carbonyl (C=O) groups is 1. The van der Waals surface area contributed by atoms with Gasteiger partial charge in [-0.25, -0.2) is 12.8 Å². The minimum atomic E-state index is -3.68. The lowest BCUT2D eigenvalue weighted by Crippen LogP contribution is -2.44. The molecular formula is C19H21FN2O3S. The molecule has 0 saturated carbocycles. The van der Waals surface area contributed by atoms with Gasteiger partial charge in [-0.05, 0) is 31.0 Å².